The van der Waals surface area contributed by atoms with Crippen molar-refractivity contribution in [2.45, 2.75) is 40.2 Å². The van der Waals surface area contributed by atoms with Gasteiger partial charge in [-0.3, -0.25) is 4.79 Å². The highest BCUT2D eigenvalue weighted by molar-refractivity contribution is 5.83. The minimum Gasteiger partial charge on any atom is -0.478 e. The zero-order valence-electron chi connectivity index (χ0n) is 12.6. The van der Waals surface area contributed by atoms with Crippen molar-refractivity contribution in [3.05, 3.63) is 12.4 Å². The van der Waals surface area contributed by atoms with Crippen molar-refractivity contribution in [1.82, 2.24) is 15.3 Å². The molecule has 6 heteroatoms. The van der Waals surface area contributed by atoms with E-state index in [2.05, 4.69) is 34.4 Å². The molecule has 6 nitrogen and oxygen atoms in total. The number of anilines is 1. The van der Waals surface area contributed by atoms with Crippen molar-refractivity contribution >= 4 is 11.7 Å². The molecular formula is C14H24N4O2. The zero-order chi connectivity index (χ0) is 15.0. The Kier molecular flexibility index (Phi) is 6.76. The number of aromatic nitrogens is 2. The first kappa shape index (κ1) is 16.2. The van der Waals surface area contributed by atoms with Crippen LogP contribution >= 0.6 is 0 Å². The summed E-state index contributed by atoms with van der Waals surface area (Å²) in [5, 5.41) is 5.91. The van der Waals surface area contributed by atoms with Crippen molar-refractivity contribution in [2.75, 3.05) is 18.5 Å². The highest BCUT2D eigenvalue weighted by Gasteiger charge is 2.13. The number of ether oxygens (including phenoxy) is 1. The van der Waals surface area contributed by atoms with Crippen LogP contribution in [0.5, 0.6) is 5.88 Å². The summed E-state index contributed by atoms with van der Waals surface area (Å²) in [6.07, 6.45) is 2.34. The van der Waals surface area contributed by atoms with Crippen LogP contribution in [0.1, 0.15) is 34.1 Å². The van der Waals surface area contributed by atoms with Gasteiger partial charge in [0, 0.05) is 12.6 Å². The molecule has 0 saturated heterocycles. The fourth-order valence-electron chi connectivity index (χ4n) is 1.45. The second kappa shape index (κ2) is 8.35. The van der Waals surface area contributed by atoms with E-state index in [0.29, 0.717) is 30.8 Å². The maximum absolute atomic E-state index is 11.9. The number of nitrogens with zero attached hydrogens (tertiary/aromatic N) is 2. The summed E-state index contributed by atoms with van der Waals surface area (Å²) in [7, 11) is 0. The van der Waals surface area contributed by atoms with E-state index in [4.69, 9.17) is 4.74 Å². The minimum absolute atomic E-state index is 0.0478. The number of amides is 1. The Hall–Kier alpha value is -1.85. The fraction of sp³-hybridized carbons (Fsp3) is 0.643. The fourth-order valence-corrected chi connectivity index (χ4v) is 1.45. The lowest BCUT2D eigenvalue weighted by atomic mass is 10.2. The Balaban J connectivity index is 2.52. The topological polar surface area (TPSA) is 76.1 Å². The molecule has 112 valence electrons. The summed E-state index contributed by atoms with van der Waals surface area (Å²) in [5.74, 6) is 1.48. The third-order valence-corrected chi connectivity index (χ3v) is 2.54. The van der Waals surface area contributed by atoms with Gasteiger partial charge in [0.15, 0.2) is 0 Å². The van der Waals surface area contributed by atoms with Crippen molar-refractivity contribution < 1.29 is 9.53 Å². The van der Waals surface area contributed by atoms with Crippen LogP contribution in [0.15, 0.2) is 12.4 Å². The molecule has 0 fully saturated rings. The monoisotopic (exact) mass is 280 g/mol. The lowest BCUT2D eigenvalue weighted by Crippen LogP contribution is -2.39. The molecular weight excluding hydrogens is 256 g/mol. The first-order valence-corrected chi connectivity index (χ1v) is 7.02. The van der Waals surface area contributed by atoms with E-state index in [1.807, 2.05) is 6.92 Å². The Bertz CT molecular complexity index is 423. The average molecular weight is 280 g/mol. The molecule has 1 amide bonds. The molecule has 1 heterocycles. The van der Waals surface area contributed by atoms with Crippen LogP contribution in [0.4, 0.5) is 5.82 Å². The van der Waals surface area contributed by atoms with Crippen LogP contribution in [-0.2, 0) is 4.79 Å². The first-order valence-electron chi connectivity index (χ1n) is 7.02. The van der Waals surface area contributed by atoms with Crippen molar-refractivity contribution in [3.63, 3.8) is 0 Å². The molecule has 1 atom stereocenters. The molecule has 0 aliphatic carbocycles. The van der Waals surface area contributed by atoms with Gasteiger partial charge in [-0.1, -0.05) is 20.8 Å². The number of hydrogen-bond acceptors (Lipinski definition) is 5. The van der Waals surface area contributed by atoms with Gasteiger partial charge in [-0.25, -0.2) is 9.97 Å². The summed E-state index contributed by atoms with van der Waals surface area (Å²) in [4.78, 5) is 20.0. The summed E-state index contributed by atoms with van der Waals surface area (Å²) in [5.41, 5.74) is 0. The van der Waals surface area contributed by atoms with E-state index in [9.17, 15) is 4.79 Å². The second-order valence-electron chi connectivity index (χ2n) is 5.09. The van der Waals surface area contributed by atoms with Crippen molar-refractivity contribution in [2.24, 2.45) is 5.92 Å². The van der Waals surface area contributed by atoms with E-state index < -0.39 is 0 Å². The molecule has 0 saturated carbocycles. The maximum atomic E-state index is 11.9. The Morgan fingerprint density at radius 2 is 2.10 bits per heavy atom. The number of carbonyl (C=O) groups is 1. The third-order valence-electron chi connectivity index (χ3n) is 2.54. The molecule has 0 aliphatic rings. The smallest absolute Gasteiger partial charge is 0.242 e. The standard InChI is InChI=1S/C14H24N4O2/c1-5-6-20-13-7-12(16-9-17-13)18-11(4)14(19)15-8-10(2)3/h7,9-11H,5-6,8H2,1-4H3,(H,15,19)(H,16,17,18). The molecule has 1 unspecified atom stereocenters. The molecule has 0 aliphatic heterocycles. The molecule has 0 spiro atoms. The van der Waals surface area contributed by atoms with Crippen LogP contribution in [-0.4, -0.2) is 35.1 Å². The molecule has 1 rings (SSSR count). The van der Waals surface area contributed by atoms with Gasteiger partial charge in [-0.15, -0.1) is 0 Å². The Morgan fingerprint density at radius 3 is 2.75 bits per heavy atom. The number of hydrogen-bond donors (Lipinski definition) is 2. The second-order valence-corrected chi connectivity index (χ2v) is 5.09. The molecule has 0 radical (unpaired) electrons. The van der Waals surface area contributed by atoms with E-state index in [1.165, 1.54) is 6.33 Å². The summed E-state index contributed by atoms with van der Waals surface area (Å²) in [6, 6.07) is 1.34. The molecule has 0 aromatic carbocycles. The lowest BCUT2D eigenvalue weighted by molar-refractivity contribution is -0.121. The summed E-state index contributed by atoms with van der Waals surface area (Å²) in [6.45, 7) is 9.21. The van der Waals surface area contributed by atoms with Crippen LogP contribution in [0, 0.1) is 5.92 Å². The molecule has 2 N–H and O–H groups in total. The predicted octanol–water partition coefficient (Wildman–Crippen LogP) is 1.84. The predicted molar refractivity (Wildman–Crippen MR) is 78.8 cm³/mol. The van der Waals surface area contributed by atoms with Gasteiger partial charge in [0.2, 0.25) is 11.8 Å². The van der Waals surface area contributed by atoms with Crippen molar-refractivity contribution in [3.8, 4) is 5.88 Å². The highest BCUT2D eigenvalue weighted by Crippen LogP contribution is 2.12. The number of nitrogens with one attached hydrogen (secondary N) is 2. The maximum Gasteiger partial charge on any atom is 0.242 e. The highest BCUT2D eigenvalue weighted by atomic mass is 16.5. The lowest BCUT2D eigenvalue weighted by Gasteiger charge is -2.15. The first-order chi connectivity index (χ1) is 9.52. The molecule has 20 heavy (non-hydrogen) atoms. The van der Waals surface area contributed by atoms with Gasteiger partial charge < -0.3 is 15.4 Å². The van der Waals surface area contributed by atoms with E-state index in [-0.39, 0.29) is 11.9 Å². The normalized spacial score (nSPS) is 12.1. The van der Waals surface area contributed by atoms with Gasteiger partial charge in [-0.2, -0.15) is 0 Å². The Labute approximate surface area is 120 Å². The van der Waals surface area contributed by atoms with Crippen molar-refractivity contribution in [1.29, 1.82) is 0 Å². The average Bonchev–Trinajstić information content (AvgIpc) is 2.42. The number of carbonyl (C=O) groups excluding carboxylic acids is 1. The van der Waals surface area contributed by atoms with E-state index >= 15 is 0 Å². The van der Waals surface area contributed by atoms with Gasteiger partial charge in [0.1, 0.15) is 18.2 Å². The third kappa shape index (κ3) is 5.86. The van der Waals surface area contributed by atoms with Gasteiger partial charge in [0.25, 0.3) is 0 Å². The number of rotatable bonds is 8. The quantitative estimate of drug-likeness (QED) is 0.760. The van der Waals surface area contributed by atoms with Crippen LogP contribution in [0.3, 0.4) is 0 Å². The minimum atomic E-state index is -0.359. The SMILES string of the molecule is CCCOc1cc(NC(C)C(=O)NCC(C)C)ncn1. The van der Waals surface area contributed by atoms with Gasteiger partial charge in [0.05, 0.1) is 6.61 Å². The zero-order valence-corrected chi connectivity index (χ0v) is 12.6. The van der Waals surface area contributed by atoms with Gasteiger partial charge >= 0.3 is 0 Å². The molecule has 1 aromatic heterocycles. The molecule has 0 bridgehead atoms. The molecule has 1 aromatic rings. The Morgan fingerprint density at radius 1 is 1.35 bits per heavy atom. The van der Waals surface area contributed by atoms with E-state index in [1.54, 1.807) is 13.0 Å². The van der Waals surface area contributed by atoms with Crippen LogP contribution < -0.4 is 15.4 Å². The van der Waals surface area contributed by atoms with Crippen LogP contribution in [0.25, 0.3) is 0 Å². The summed E-state index contributed by atoms with van der Waals surface area (Å²) >= 11 is 0. The van der Waals surface area contributed by atoms with Crippen LogP contribution in [0.2, 0.25) is 0 Å². The van der Waals surface area contributed by atoms with E-state index in [0.717, 1.165) is 6.42 Å². The summed E-state index contributed by atoms with van der Waals surface area (Å²) < 4.78 is 5.43. The largest absolute Gasteiger partial charge is 0.478 e. The van der Waals surface area contributed by atoms with Gasteiger partial charge in [-0.05, 0) is 19.3 Å².